The second-order valence-electron chi connectivity index (χ2n) is 12.8. The molecule has 0 radical (unpaired) electrons. The van der Waals surface area contributed by atoms with E-state index in [2.05, 4.69) is 149 Å². The first kappa shape index (κ1) is 28.4. The number of benzene rings is 5. The Labute approximate surface area is 290 Å². The second-order valence-corrected chi connectivity index (χ2v) is 12.8. The Balaban J connectivity index is 1.08. The maximum Gasteiger partial charge on any atom is 0.231 e. The van der Waals surface area contributed by atoms with Gasteiger partial charge in [-0.3, -0.25) is 0 Å². The molecule has 7 aromatic rings. The lowest BCUT2D eigenvalue weighted by Crippen LogP contribution is -2.39. The first-order valence-electron chi connectivity index (χ1n) is 17.0. The molecule has 2 atom stereocenters. The largest absolute Gasteiger partial charge is 0.320 e. The highest BCUT2D eigenvalue weighted by Crippen LogP contribution is 2.43. The molecule has 236 valence electrons. The summed E-state index contributed by atoms with van der Waals surface area (Å²) in [4.78, 5) is 17.5. The normalized spacial score (nSPS) is 17.8. The first-order chi connectivity index (χ1) is 24.8. The average molecular weight is 642 g/mol. The SMILES string of the molecule is C1=CC2=C3C=C(c4ccc5c(c4)c4ccccc4n5-c4ccccc4)C=CC3N(c3nc(-c4ccccc4)nc(-c4ccccc4)n3)C2C=C1. The van der Waals surface area contributed by atoms with Crippen LogP contribution in [-0.4, -0.2) is 31.6 Å². The predicted octanol–water partition coefficient (Wildman–Crippen LogP) is 9.94. The van der Waals surface area contributed by atoms with Gasteiger partial charge in [-0.15, -0.1) is 0 Å². The van der Waals surface area contributed by atoms with Crippen LogP contribution in [0.25, 0.3) is 55.8 Å². The number of fused-ring (bicyclic) bond motifs is 5. The molecule has 0 spiro atoms. The molecule has 0 fully saturated rings. The number of hydrogen-bond donors (Lipinski definition) is 0. The highest BCUT2D eigenvalue weighted by molar-refractivity contribution is 6.10. The van der Waals surface area contributed by atoms with Crippen molar-refractivity contribution in [1.29, 1.82) is 0 Å². The lowest BCUT2D eigenvalue weighted by Gasteiger charge is -2.31. The molecular formula is C45H31N5. The summed E-state index contributed by atoms with van der Waals surface area (Å²) in [5, 5.41) is 2.49. The Morgan fingerprint density at radius 2 is 1.12 bits per heavy atom. The number of rotatable bonds is 5. The number of para-hydroxylation sites is 2. The van der Waals surface area contributed by atoms with Gasteiger partial charge in [0, 0.05) is 27.6 Å². The molecule has 3 aliphatic rings. The molecular weight excluding hydrogens is 611 g/mol. The van der Waals surface area contributed by atoms with Crippen molar-refractivity contribution >= 4 is 33.3 Å². The monoisotopic (exact) mass is 641 g/mol. The van der Waals surface area contributed by atoms with Crippen LogP contribution < -0.4 is 4.90 Å². The summed E-state index contributed by atoms with van der Waals surface area (Å²) in [6.07, 6.45) is 15.7. The van der Waals surface area contributed by atoms with E-state index in [0.717, 1.165) is 16.8 Å². The zero-order valence-electron chi connectivity index (χ0n) is 27.1. The van der Waals surface area contributed by atoms with Crippen molar-refractivity contribution in [2.24, 2.45) is 0 Å². The van der Waals surface area contributed by atoms with Crippen molar-refractivity contribution in [3.8, 4) is 28.5 Å². The maximum atomic E-state index is 5.12. The molecule has 5 nitrogen and oxygen atoms in total. The Bertz CT molecular complexity index is 2530. The molecule has 0 amide bonds. The van der Waals surface area contributed by atoms with E-state index in [1.807, 2.05) is 36.4 Å². The average Bonchev–Trinajstić information content (AvgIpc) is 3.71. The van der Waals surface area contributed by atoms with Crippen LogP contribution in [0.1, 0.15) is 5.56 Å². The molecule has 5 aromatic carbocycles. The number of allylic oxidation sites excluding steroid dienone is 4. The van der Waals surface area contributed by atoms with Gasteiger partial charge < -0.3 is 9.47 Å². The minimum atomic E-state index is -0.0236. The molecule has 2 aliphatic carbocycles. The van der Waals surface area contributed by atoms with Crippen molar-refractivity contribution in [1.82, 2.24) is 19.5 Å². The lowest BCUT2D eigenvalue weighted by molar-refractivity contribution is 0.752. The third-order valence-corrected chi connectivity index (χ3v) is 9.96. The van der Waals surface area contributed by atoms with Gasteiger partial charge in [0.2, 0.25) is 5.95 Å². The number of nitrogens with zero attached hydrogens (tertiary/aromatic N) is 5. The predicted molar refractivity (Wildman–Crippen MR) is 204 cm³/mol. The number of hydrogen-bond acceptors (Lipinski definition) is 4. The molecule has 3 heterocycles. The van der Waals surface area contributed by atoms with Crippen LogP contribution in [0.3, 0.4) is 0 Å². The molecule has 50 heavy (non-hydrogen) atoms. The van der Waals surface area contributed by atoms with Gasteiger partial charge in [-0.25, -0.2) is 4.98 Å². The van der Waals surface area contributed by atoms with Crippen LogP contribution in [0.5, 0.6) is 0 Å². The topological polar surface area (TPSA) is 46.8 Å². The quantitative estimate of drug-likeness (QED) is 0.188. The minimum absolute atomic E-state index is 0.00113. The van der Waals surface area contributed by atoms with Gasteiger partial charge >= 0.3 is 0 Å². The zero-order valence-corrected chi connectivity index (χ0v) is 27.1. The third-order valence-electron chi connectivity index (χ3n) is 9.96. The highest BCUT2D eigenvalue weighted by Gasteiger charge is 2.40. The van der Waals surface area contributed by atoms with Gasteiger partial charge in [-0.05, 0) is 58.7 Å². The van der Waals surface area contributed by atoms with E-state index >= 15 is 0 Å². The van der Waals surface area contributed by atoms with Crippen molar-refractivity contribution in [3.63, 3.8) is 0 Å². The van der Waals surface area contributed by atoms with Crippen LogP contribution >= 0.6 is 0 Å². The molecule has 0 N–H and O–H groups in total. The third kappa shape index (κ3) is 4.59. The van der Waals surface area contributed by atoms with Gasteiger partial charge in [0.15, 0.2) is 11.6 Å². The summed E-state index contributed by atoms with van der Waals surface area (Å²) in [6.45, 7) is 0. The number of anilines is 1. The number of aromatic nitrogens is 4. The van der Waals surface area contributed by atoms with Crippen molar-refractivity contribution < 1.29 is 0 Å². The molecule has 2 unspecified atom stereocenters. The van der Waals surface area contributed by atoms with Gasteiger partial charge in [-0.1, -0.05) is 140 Å². The van der Waals surface area contributed by atoms with Gasteiger partial charge in [-0.2, -0.15) is 9.97 Å². The Hall–Kier alpha value is -6.59. The molecule has 0 bridgehead atoms. The van der Waals surface area contributed by atoms with Crippen LogP contribution in [0.15, 0.2) is 187 Å². The fraction of sp³-hybridized carbons (Fsp3) is 0.0444. The van der Waals surface area contributed by atoms with E-state index in [1.54, 1.807) is 0 Å². The lowest BCUT2D eigenvalue weighted by atomic mass is 9.90. The Morgan fingerprint density at radius 1 is 0.480 bits per heavy atom. The summed E-state index contributed by atoms with van der Waals surface area (Å²) in [7, 11) is 0. The van der Waals surface area contributed by atoms with Crippen LogP contribution in [-0.2, 0) is 0 Å². The Morgan fingerprint density at radius 3 is 1.86 bits per heavy atom. The standard InChI is InChI=1S/C45H31N5/c1-4-14-30(15-5-1)43-46-44(31-16-6-2-7-17-31)48-45(47-43)50-40-23-13-11-21-36(40)38-29-33(25-27-42(38)50)32-24-26-41-37(28-32)35-20-10-12-22-39(35)49(41)34-18-8-3-9-19-34/h1-29,40,42H. The smallest absolute Gasteiger partial charge is 0.231 e. The van der Waals surface area contributed by atoms with Crippen molar-refractivity contribution in [2.75, 3.05) is 4.90 Å². The molecule has 5 heteroatoms. The Kier molecular flexibility index (Phi) is 6.56. The first-order valence-corrected chi connectivity index (χ1v) is 17.0. The zero-order chi connectivity index (χ0) is 33.0. The van der Waals surface area contributed by atoms with Crippen LogP contribution in [0, 0.1) is 0 Å². The summed E-state index contributed by atoms with van der Waals surface area (Å²) >= 11 is 0. The minimum Gasteiger partial charge on any atom is -0.320 e. The summed E-state index contributed by atoms with van der Waals surface area (Å²) in [5.41, 5.74) is 10.4. The van der Waals surface area contributed by atoms with E-state index in [0.29, 0.717) is 17.6 Å². The molecule has 2 aromatic heterocycles. The van der Waals surface area contributed by atoms with Crippen molar-refractivity contribution in [3.05, 3.63) is 193 Å². The van der Waals surface area contributed by atoms with E-state index < -0.39 is 0 Å². The molecule has 10 rings (SSSR count). The van der Waals surface area contributed by atoms with E-state index in [1.165, 1.54) is 44.1 Å². The van der Waals surface area contributed by atoms with Crippen molar-refractivity contribution in [2.45, 2.75) is 12.1 Å². The molecule has 0 saturated carbocycles. The fourth-order valence-electron chi connectivity index (χ4n) is 7.66. The summed E-state index contributed by atoms with van der Waals surface area (Å²) < 4.78 is 2.36. The van der Waals surface area contributed by atoms with Gasteiger partial charge in [0.25, 0.3) is 0 Å². The molecule has 0 saturated heterocycles. The van der Waals surface area contributed by atoms with Crippen LogP contribution in [0.4, 0.5) is 5.95 Å². The van der Waals surface area contributed by atoms with E-state index in [4.69, 9.17) is 15.0 Å². The van der Waals surface area contributed by atoms with Gasteiger partial charge in [0.05, 0.1) is 23.1 Å². The fourth-order valence-corrected chi connectivity index (χ4v) is 7.66. The van der Waals surface area contributed by atoms with Crippen LogP contribution in [0.2, 0.25) is 0 Å². The highest BCUT2D eigenvalue weighted by atomic mass is 15.3. The summed E-state index contributed by atoms with van der Waals surface area (Å²) in [6, 6.07) is 46.5. The molecule has 1 aliphatic heterocycles. The maximum absolute atomic E-state index is 5.12. The second kappa shape index (κ2) is 11.5. The summed E-state index contributed by atoms with van der Waals surface area (Å²) in [5.74, 6) is 1.99. The van der Waals surface area contributed by atoms with E-state index in [-0.39, 0.29) is 12.1 Å². The van der Waals surface area contributed by atoms with Gasteiger partial charge in [0.1, 0.15) is 0 Å². The van der Waals surface area contributed by atoms with E-state index in [9.17, 15) is 0 Å².